The van der Waals surface area contributed by atoms with Crippen LogP contribution in [-0.4, -0.2) is 105 Å². The average molecular weight is 354 g/mol. The SMILES string of the molecule is CCO[C@H]1O[C@H](CO[C@]2(O)[C@H](O)CO[C@H](C)[C@H]2O)[C@@H](O)[C@H](O)[C@H]1O. The normalized spacial score (nSPS) is 50.0. The molecule has 0 aliphatic carbocycles. The molecule has 142 valence electrons. The molecule has 10 nitrogen and oxygen atoms in total. The summed E-state index contributed by atoms with van der Waals surface area (Å²) in [6.45, 7) is 2.66. The quantitative estimate of drug-likeness (QED) is 0.276. The van der Waals surface area contributed by atoms with Crippen LogP contribution < -0.4 is 0 Å². The van der Waals surface area contributed by atoms with Gasteiger partial charge in [0.2, 0.25) is 5.79 Å². The summed E-state index contributed by atoms with van der Waals surface area (Å²) in [5.41, 5.74) is 0. The Bertz CT molecular complexity index is 409. The number of hydrogen-bond donors (Lipinski definition) is 6. The zero-order valence-electron chi connectivity index (χ0n) is 13.6. The highest BCUT2D eigenvalue weighted by Crippen LogP contribution is 2.29. The fourth-order valence-electron chi connectivity index (χ4n) is 2.74. The van der Waals surface area contributed by atoms with Gasteiger partial charge in [0.25, 0.3) is 0 Å². The van der Waals surface area contributed by atoms with E-state index in [0.717, 1.165) is 0 Å². The Balaban J connectivity index is 2.03. The lowest BCUT2D eigenvalue weighted by Crippen LogP contribution is -2.65. The maximum atomic E-state index is 10.4. The highest BCUT2D eigenvalue weighted by Gasteiger charge is 2.52. The van der Waals surface area contributed by atoms with Crippen molar-refractivity contribution in [1.82, 2.24) is 0 Å². The first-order chi connectivity index (χ1) is 11.2. The number of rotatable bonds is 5. The third-order valence-corrected chi connectivity index (χ3v) is 4.34. The fourth-order valence-corrected chi connectivity index (χ4v) is 2.74. The zero-order chi connectivity index (χ0) is 18.1. The second kappa shape index (κ2) is 7.87. The van der Waals surface area contributed by atoms with Gasteiger partial charge in [0.15, 0.2) is 6.29 Å². The Morgan fingerprint density at radius 2 is 1.75 bits per heavy atom. The average Bonchev–Trinajstić information content (AvgIpc) is 2.56. The van der Waals surface area contributed by atoms with Crippen molar-refractivity contribution in [2.24, 2.45) is 0 Å². The Hall–Kier alpha value is -0.400. The van der Waals surface area contributed by atoms with Gasteiger partial charge in [0, 0.05) is 6.61 Å². The van der Waals surface area contributed by atoms with E-state index in [9.17, 15) is 30.6 Å². The lowest BCUT2D eigenvalue weighted by molar-refractivity contribution is -0.364. The summed E-state index contributed by atoms with van der Waals surface area (Å²) in [6.07, 6.45) is -10.6. The Morgan fingerprint density at radius 1 is 1.08 bits per heavy atom. The molecule has 2 aliphatic rings. The van der Waals surface area contributed by atoms with Crippen LogP contribution in [0.3, 0.4) is 0 Å². The van der Waals surface area contributed by atoms with Gasteiger partial charge in [0.1, 0.15) is 36.6 Å². The molecule has 2 heterocycles. The molecule has 2 rings (SSSR count). The van der Waals surface area contributed by atoms with Gasteiger partial charge < -0.3 is 49.6 Å². The second-order valence-electron chi connectivity index (χ2n) is 6.03. The van der Waals surface area contributed by atoms with Gasteiger partial charge in [0.05, 0.1) is 19.3 Å². The molecule has 0 unspecified atom stereocenters. The summed E-state index contributed by atoms with van der Waals surface area (Å²) in [6, 6.07) is 0. The van der Waals surface area contributed by atoms with Gasteiger partial charge in [-0.3, -0.25) is 0 Å². The van der Waals surface area contributed by atoms with E-state index >= 15 is 0 Å². The van der Waals surface area contributed by atoms with Gasteiger partial charge in [-0.15, -0.1) is 0 Å². The van der Waals surface area contributed by atoms with E-state index in [1.54, 1.807) is 6.92 Å². The molecule has 2 saturated heterocycles. The first kappa shape index (κ1) is 19.9. The van der Waals surface area contributed by atoms with E-state index in [1.165, 1.54) is 6.92 Å². The van der Waals surface area contributed by atoms with E-state index < -0.39 is 61.4 Å². The molecule has 0 aromatic heterocycles. The molecule has 2 aliphatic heterocycles. The summed E-state index contributed by atoms with van der Waals surface area (Å²) in [7, 11) is 0. The van der Waals surface area contributed by atoms with Crippen molar-refractivity contribution in [3.63, 3.8) is 0 Å². The van der Waals surface area contributed by atoms with Crippen LogP contribution in [0.15, 0.2) is 0 Å². The Kier molecular flexibility index (Phi) is 6.53. The number of hydrogen-bond acceptors (Lipinski definition) is 10. The summed E-state index contributed by atoms with van der Waals surface area (Å²) in [4.78, 5) is 0. The predicted octanol–water partition coefficient (Wildman–Crippen LogP) is -3.32. The van der Waals surface area contributed by atoms with Crippen LogP contribution in [0.5, 0.6) is 0 Å². The van der Waals surface area contributed by atoms with Gasteiger partial charge in [-0.1, -0.05) is 0 Å². The molecule has 0 radical (unpaired) electrons. The molecule has 10 heteroatoms. The number of aliphatic hydroxyl groups excluding tert-OH is 5. The van der Waals surface area contributed by atoms with E-state index in [1.807, 2.05) is 0 Å². The van der Waals surface area contributed by atoms with Crippen molar-refractivity contribution >= 4 is 0 Å². The molecule has 9 atom stereocenters. The minimum atomic E-state index is -2.32. The fraction of sp³-hybridized carbons (Fsp3) is 1.00. The van der Waals surface area contributed by atoms with Crippen molar-refractivity contribution < 1.29 is 49.6 Å². The van der Waals surface area contributed by atoms with E-state index in [4.69, 9.17) is 18.9 Å². The highest BCUT2D eigenvalue weighted by molar-refractivity contribution is 4.94. The molecule has 24 heavy (non-hydrogen) atoms. The van der Waals surface area contributed by atoms with E-state index in [2.05, 4.69) is 0 Å². The van der Waals surface area contributed by atoms with Crippen LogP contribution in [0.1, 0.15) is 13.8 Å². The largest absolute Gasteiger partial charge is 0.387 e. The Morgan fingerprint density at radius 3 is 2.38 bits per heavy atom. The van der Waals surface area contributed by atoms with Crippen LogP contribution >= 0.6 is 0 Å². The first-order valence-electron chi connectivity index (χ1n) is 7.87. The lowest BCUT2D eigenvalue weighted by Gasteiger charge is -2.45. The molecule has 2 fully saturated rings. The third-order valence-electron chi connectivity index (χ3n) is 4.34. The van der Waals surface area contributed by atoms with Crippen LogP contribution in [0, 0.1) is 0 Å². The van der Waals surface area contributed by atoms with Crippen LogP contribution in [0.4, 0.5) is 0 Å². The second-order valence-corrected chi connectivity index (χ2v) is 6.03. The molecular weight excluding hydrogens is 328 g/mol. The van der Waals surface area contributed by atoms with Gasteiger partial charge in [-0.2, -0.15) is 0 Å². The van der Waals surface area contributed by atoms with Crippen molar-refractivity contribution in [3.05, 3.63) is 0 Å². The first-order valence-corrected chi connectivity index (χ1v) is 7.87. The molecule has 0 spiro atoms. The lowest BCUT2D eigenvalue weighted by atomic mass is 9.96. The standard InChI is InChI=1S/C14H26O10/c1-3-21-13-11(18)10(17)9(16)7(24-13)4-23-14(20)8(15)5-22-6(2)12(14)19/h6-13,15-20H,3-5H2,1-2H3/t6-,7-,8-,9-,10+,11-,12-,13+,14-/m1/s1. The van der Waals surface area contributed by atoms with Gasteiger partial charge >= 0.3 is 0 Å². The minimum absolute atomic E-state index is 0.203. The summed E-state index contributed by atoms with van der Waals surface area (Å²) in [5, 5.41) is 59.9. The number of aliphatic hydroxyl groups is 6. The molecule has 0 aromatic rings. The van der Waals surface area contributed by atoms with Gasteiger partial charge in [-0.25, -0.2) is 0 Å². The molecule has 0 amide bonds. The molecule has 0 aromatic carbocycles. The van der Waals surface area contributed by atoms with Crippen molar-refractivity contribution in [1.29, 1.82) is 0 Å². The van der Waals surface area contributed by atoms with Crippen LogP contribution in [-0.2, 0) is 18.9 Å². The zero-order valence-corrected chi connectivity index (χ0v) is 13.6. The molecule has 6 N–H and O–H groups in total. The molecule has 0 saturated carbocycles. The Labute approximate surface area is 139 Å². The topological polar surface area (TPSA) is 158 Å². The summed E-state index contributed by atoms with van der Waals surface area (Å²) >= 11 is 0. The van der Waals surface area contributed by atoms with Crippen LogP contribution in [0.2, 0.25) is 0 Å². The van der Waals surface area contributed by atoms with Crippen LogP contribution in [0.25, 0.3) is 0 Å². The summed E-state index contributed by atoms with van der Waals surface area (Å²) < 4.78 is 20.8. The monoisotopic (exact) mass is 354 g/mol. The van der Waals surface area contributed by atoms with E-state index in [-0.39, 0.29) is 13.2 Å². The van der Waals surface area contributed by atoms with Gasteiger partial charge in [-0.05, 0) is 13.8 Å². The van der Waals surface area contributed by atoms with Crippen molar-refractivity contribution in [2.45, 2.75) is 68.7 Å². The highest BCUT2D eigenvalue weighted by atomic mass is 16.7. The van der Waals surface area contributed by atoms with E-state index in [0.29, 0.717) is 0 Å². The molecule has 0 bridgehead atoms. The maximum absolute atomic E-state index is 10.4. The predicted molar refractivity (Wildman–Crippen MR) is 76.6 cm³/mol. The smallest absolute Gasteiger partial charge is 0.223 e. The third kappa shape index (κ3) is 3.73. The minimum Gasteiger partial charge on any atom is -0.387 e. The van der Waals surface area contributed by atoms with Crippen molar-refractivity contribution in [3.8, 4) is 0 Å². The number of ether oxygens (including phenoxy) is 4. The maximum Gasteiger partial charge on any atom is 0.223 e. The summed E-state index contributed by atoms with van der Waals surface area (Å²) in [5.74, 6) is -2.32. The van der Waals surface area contributed by atoms with Crippen molar-refractivity contribution in [2.75, 3.05) is 19.8 Å². The molecular formula is C14H26O10.